The lowest BCUT2D eigenvalue weighted by Gasteiger charge is -2.18. The maximum atomic E-state index is 10.8. The van der Waals surface area contributed by atoms with Gasteiger partial charge in [-0.05, 0) is 32.1 Å². The Bertz CT molecular complexity index is 355. The van der Waals surface area contributed by atoms with E-state index in [-0.39, 0.29) is 5.56 Å². The van der Waals surface area contributed by atoms with E-state index >= 15 is 0 Å². The van der Waals surface area contributed by atoms with Gasteiger partial charge in [0.1, 0.15) is 5.82 Å². The summed E-state index contributed by atoms with van der Waals surface area (Å²) in [7, 11) is 3.81. The molecule has 1 heterocycles. The third-order valence-corrected chi connectivity index (χ3v) is 2.30. The molecule has 0 atom stereocenters. The van der Waals surface area contributed by atoms with Crippen LogP contribution in [-0.2, 0) is 0 Å². The minimum atomic E-state index is -0.924. The highest BCUT2D eigenvalue weighted by atomic mass is 16.4. The van der Waals surface area contributed by atoms with Crippen molar-refractivity contribution < 1.29 is 9.90 Å². The molecule has 0 fully saturated rings. The Kier molecular flexibility index (Phi) is 4.72. The predicted molar refractivity (Wildman–Crippen MR) is 63.0 cm³/mol. The first-order chi connectivity index (χ1) is 7.65. The van der Waals surface area contributed by atoms with Gasteiger partial charge in [-0.1, -0.05) is 0 Å². The third kappa shape index (κ3) is 3.51. The van der Waals surface area contributed by atoms with Crippen molar-refractivity contribution in [2.24, 2.45) is 0 Å². The second-order valence-corrected chi connectivity index (χ2v) is 3.59. The molecule has 0 spiro atoms. The van der Waals surface area contributed by atoms with Crippen molar-refractivity contribution in [3.05, 3.63) is 23.9 Å². The Morgan fingerprint density at radius 3 is 3.00 bits per heavy atom. The second kappa shape index (κ2) is 6.07. The molecule has 16 heavy (non-hydrogen) atoms. The van der Waals surface area contributed by atoms with Crippen LogP contribution < -0.4 is 10.2 Å². The van der Waals surface area contributed by atoms with Crippen molar-refractivity contribution in [1.29, 1.82) is 0 Å². The van der Waals surface area contributed by atoms with Crippen LogP contribution in [0.25, 0.3) is 0 Å². The summed E-state index contributed by atoms with van der Waals surface area (Å²) in [6.45, 7) is 1.78. The highest BCUT2D eigenvalue weighted by molar-refractivity contribution is 5.88. The summed E-state index contributed by atoms with van der Waals surface area (Å²) in [6, 6.07) is 3.08. The fourth-order valence-electron chi connectivity index (χ4n) is 1.37. The van der Waals surface area contributed by atoms with E-state index in [9.17, 15) is 4.79 Å². The summed E-state index contributed by atoms with van der Waals surface area (Å²) >= 11 is 0. The molecule has 0 amide bonds. The Morgan fingerprint density at radius 1 is 1.62 bits per heavy atom. The number of rotatable bonds is 6. The molecular weight excluding hydrogens is 206 g/mol. The van der Waals surface area contributed by atoms with Crippen LogP contribution in [0.4, 0.5) is 5.82 Å². The normalized spacial score (nSPS) is 10.1. The standard InChI is InChI=1S/C11H17N3O2/c1-12-5-3-7-14(2)10-8-9(11(15)16)4-6-13-10/h4,6,8,12H,3,5,7H2,1-2H3,(H,15,16). The van der Waals surface area contributed by atoms with E-state index in [1.165, 1.54) is 12.3 Å². The number of hydrogen-bond donors (Lipinski definition) is 2. The van der Waals surface area contributed by atoms with Crippen molar-refractivity contribution in [3.63, 3.8) is 0 Å². The highest BCUT2D eigenvalue weighted by Gasteiger charge is 2.07. The van der Waals surface area contributed by atoms with Crippen molar-refractivity contribution in [3.8, 4) is 0 Å². The number of pyridine rings is 1. The fraction of sp³-hybridized carbons (Fsp3) is 0.455. The number of carboxylic acids is 1. The Balaban J connectivity index is 2.64. The molecule has 1 aromatic heterocycles. The van der Waals surface area contributed by atoms with Gasteiger partial charge in [0.2, 0.25) is 0 Å². The minimum Gasteiger partial charge on any atom is -0.478 e. The van der Waals surface area contributed by atoms with Crippen LogP contribution in [0, 0.1) is 0 Å². The van der Waals surface area contributed by atoms with Crippen LogP contribution in [0.5, 0.6) is 0 Å². The number of nitrogens with one attached hydrogen (secondary N) is 1. The first kappa shape index (κ1) is 12.4. The van der Waals surface area contributed by atoms with E-state index in [1.54, 1.807) is 6.07 Å². The largest absolute Gasteiger partial charge is 0.478 e. The highest BCUT2D eigenvalue weighted by Crippen LogP contribution is 2.11. The first-order valence-electron chi connectivity index (χ1n) is 5.20. The molecule has 2 N–H and O–H groups in total. The summed E-state index contributed by atoms with van der Waals surface area (Å²) in [5.41, 5.74) is 0.269. The van der Waals surface area contributed by atoms with Crippen LogP contribution >= 0.6 is 0 Å². The van der Waals surface area contributed by atoms with Gasteiger partial charge in [0.25, 0.3) is 0 Å². The van der Waals surface area contributed by atoms with Crippen LogP contribution in [-0.4, -0.2) is 43.2 Å². The average molecular weight is 223 g/mol. The average Bonchev–Trinajstić information content (AvgIpc) is 2.29. The number of carbonyl (C=O) groups is 1. The van der Waals surface area contributed by atoms with E-state index in [0.29, 0.717) is 5.82 Å². The SMILES string of the molecule is CNCCCN(C)c1cc(C(=O)O)ccn1. The summed E-state index contributed by atoms with van der Waals surface area (Å²) < 4.78 is 0. The summed E-state index contributed by atoms with van der Waals surface area (Å²) in [4.78, 5) is 16.9. The van der Waals surface area contributed by atoms with Crippen LogP contribution in [0.3, 0.4) is 0 Å². The minimum absolute atomic E-state index is 0.269. The van der Waals surface area contributed by atoms with Crippen molar-refractivity contribution in [2.45, 2.75) is 6.42 Å². The molecule has 1 rings (SSSR count). The van der Waals surface area contributed by atoms with Crippen molar-refractivity contribution >= 4 is 11.8 Å². The van der Waals surface area contributed by atoms with E-state index < -0.39 is 5.97 Å². The number of aromatic nitrogens is 1. The monoisotopic (exact) mass is 223 g/mol. The molecular formula is C11H17N3O2. The lowest BCUT2D eigenvalue weighted by molar-refractivity contribution is 0.0697. The molecule has 5 heteroatoms. The van der Waals surface area contributed by atoms with E-state index in [4.69, 9.17) is 5.11 Å². The molecule has 0 aliphatic heterocycles. The Morgan fingerprint density at radius 2 is 2.38 bits per heavy atom. The molecule has 0 aliphatic carbocycles. The zero-order valence-corrected chi connectivity index (χ0v) is 9.60. The lowest BCUT2D eigenvalue weighted by Crippen LogP contribution is -2.23. The second-order valence-electron chi connectivity index (χ2n) is 3.59. The molecule has 5 nitrogen and oxygen atoms in total. The molecule has 0 saturated carbocycles. The molecule has 0 unspecified atom stereocenters. The first-order valence-corrected chi connectivity index (χ1v) is 5.20. The number of carboxylic acid groups (broad SMARTS) is 1. The fourth-order valence-corrected chi connectivity index (χ4v) is 1.37. The number of hydrogen-bond acceptors (Lipinski definition) is 4. The smallest absolute Gasteiger partial charge is 0.335 e. The maximum absolute atomic E-state index is 10.8. The molecule has 0 saturated heterocycles. The van der Waals surface area contributed by atoms with Gasteiger partial charge < -0.3 is 15.3 Å². The number of anilines is 1. The quantitative estimate of drug-likeness (QED) is 0.699. The van der Waals surface area contributed by atoms with Gasteiger partial charge >= 0.3 is 5.97 Å². The zero-order valence-electron chi connectivity index (χ0n) is 9.60. The number of aromatic carboxylic acids is 1. The van der Waals surface area contributed by atoms with E-state index in [2.05, 4.69) is 10.3 Å². The molecule has 0 aliphatic rings. The molecule has 88 valence electrons. The molecule has 0 radical (unpaired) electrons. The third-order valence-electron chi connectivity index (χ3n) is 2.30. The molecule has 1 aromatic rings. The van der Waals surface area contributed by atoms with Gasteiger partial charge in [-0.3, -0.25) is 0 Å². The zero-order chi connectivity index (χ0) is 12.0. The number of nitrogens with zero attached hydrogens (tertiary/aromatic N) is 2. The lowest BCUT2D eigenvalue weighted by atomic mass is 10.2. The molecule has 0 aromatic carbocycles. The predicted octanol–water partition coefficient (Wildman–Crippen LogP) is 0.825. The van der Waals surface area contributed by atoms with Crippen molar-refractivity contribution in [1.82, 2.24) is 10.3 Å². The van der Waals surface area contributed by atoms with Gasteiger partial charge in [-0.25, -0.2) is 9.78 Å². The topological polar surface area (TPSA) is 65.5 Å². The van der Waals surface area contributed by atoms with Gasteiger partial charge in [-0.15, -0.1) is 0 Å². The Labute approximate surface area is 95.1 Å². The van der Waals surface area contributed by atoms with Crippen LogP contribution in [0.1, 0.15) is 16.8 Å². The Hall–Kier alpha value is -1.62. The van der Waals surface area contributed by atoms with Gasteiger partial charge in [0, 0.05) is 19.8 Å². The van der Waals surface area contributed by atoms with Crippen molar-refractivity contribution in [2.75, 3.05) is 32.1 Å². The molecule has 0 bridgehead atoms. The van der Waals surface area contributed by atoms with Gasteiger partial charge in [0.05, 0.1) is 5.56 Å². The van der Waals surface area contributed by atoms with E-state index in [1.807, 2.05) is 19.0 Å². The van der Waals surface area contributed by atoms with Gasteiger partial charge in [0.15, 0.2) is 0 Å². The summed E-state index contributed by atoms with van der Waals surface area (Å²) in [6.07, 6.45) is 2.51. The van der Waals surface area contributed by atoms with Crippen LogP contribution in [0.2, 0.25) is 0 Å². The van der Waals surface area contributed by atoms with Crippen LogP contribution in [0.15, 0.2) is 18.3 Å². The maximum Gasteiger partial charge on any atom is 0.335 e. The van der Waals surface area contributed by atoms with E-state index in [0.717, 1.165) is 19.5 Å². The van der Waals surface area contributed by atoms with Gasteiger partial charge in [-0.2, -0.15) is 0 Å². The summed E-state index contributed by atoms with van der Waals surface area (Å²) in [5.74, 6) is -0.233. The summed E-state index contributed by atoms with van der Waals surface area (Å²) in [5, 5.41) is 11.9.